The molecule has 0 saturated carbocycles. The SMILES string of the molecule is Cc1nc(OCC(COCc2ccccc2)OC(N)=O)c(Br)cc1Br. The number of rotatable bonds is 8. The van der Waals surface area contributed by atoms with Crippen molar-refractivity contribution in [2.45, 2.75) is 19.6 Å². The molecule has 6 nitrogen and oxygen atoms in total. The topological polar surface area (TPSA) is 83.7 Å². The Kier molecular flexibility index (Phi) is 7.67. The molecule has 1 amide bonds. The Morgan fingerprint density at radius 2 is 1.92 bits per heavy atom. The molecule has 8 heteroatoms. The number of nitrogens with two attached hydrogens (primary N) is 1. The lowest BCUT2D eigenvalue weighted by atomic mass is 10.2. The van der Waals surface area contributed by atoms with Crippen LogP contribution in [0.4, 0.5) is 4.79 Å². The number of benzene rings is 1. The van der Waals surface area contributed by atoms with Crippen molar-refractivity contribution in [2.75, 3.05) is 13.2 Å². The number of pyridine rings is 1. The van der Waals surface area contributed by atoms with Crippen LogP contribution in [0.1, 0.15) is 11.3 Å². The molecule has 1 heterocycles. The normalized spacial score (nSPS) is 11.8. The van der Waals surface area contributed by atoms with Crippen molar-refractivity contribution in [3.8, 4) is 5.88 Å². The first-order valence-electron chi connectivity index (χ1n) is 7.49. The summed E-state index contributed by atoms with van der Waals surface area (Å²) in [6.07, 6.45) is -1.52. The molecule has 0 bridgehead atoms. The van der Waals surface area contributed by atoms with Gasteiger partial charge in [0, 0.05) is 4.47 Å². The lowest BCUT2D eigenvalue weighted by molar-refractivity contribution is -0.00499. The number of nitrogens with zero attached hydrogens (tertiary/aromatic N) is 1. The van der Waals surface area contributed by atoms with Gasteiger partial charge in [-0.15, -0.1) is 0 Å². The van der Waals surface area contributed by atoms with Crippen molar-refractivity contribution in [3.63, 3.8) is 0 Å². The van der Waals surface area contributed by atoms with Crippen molar-refractivity contribution in [2.24, 2.45) is 5.73 Å². The van der Waals surface area contributed by atoms with Crippen molar-refractivity contribution in [1.29, 1.82) is 0 Å². The van der Waals surface area contributed by atoms with E-state index >= 15 is 0 Å². The molecule has 2 N–H and O–H groups in total. The standard InChI is InChI=1S/C17H18Br2N2O4/c1-11-14(18)7-15(19)16(21-11)24-10-13(25-17(20)22)9-23-8-12-5-3-2-4-6-12/h2-7,13H,8-10H2,1H3,(H2,20,22). The summed E-state index contributed by atoms with van der Waals surface area (Å²) in [5, 5.41) is 0. The second kappa shape index (κ2) is 9.74. The minimum absolute atomic E-state index is 0.0738. The van der Waals surface area contributed by atoms with Gasteiger partial charge < -0.3 is 19.9 Å². The summed E-state index contributed by atoms with van der Waals surface area (Å²) in [4.78, 5) is 15.4. The lowest BCUT2D eigenvalue weighted by Gasteiger charge is -2.18. The van der Waals surface area contributed by atoms with Crippen molar-refractivity contribution in [1.82, 2.24) is 4.98 Å². The summed E-state index contributed by atoms with van der Waals surface area (Å²) in [6.45, 7) is 2.48. The van der Waals surface area contributed by atoms with E-state index in [2.05, 4.69) is 36.8 Å². The summed E-state index contributed by atoms with van der Waals surface area (Å²) in [5.41, 5.74) is 6.92. The second-order valence-electron chi connectivity index (χ2n) is 5.21. The predicted octanol–water partition coefficient (Wildman–Crippen LogP) is 3.97. The highest BCUT2D eigenvalue weighted by atomic mass is 79.9. The Hall–Kier alpha value is -1.64. The van der Waals surface area contributed by atoms with E-state index in [4.69, 9.17) is 19.9 Å². The number of carbonyl (C=O) groups is 1. The summed E-state index contributed by atoms with van der Waals surface area (Å²) < 4.78 is 17.8. The number of hydrogen-bond donors (Lipinski definition) is 1. The molecule has 2 aromatic rings. The number of ether oxygens (including phenoxy) is 3. The monoisotopic (exact) mass is 472 g/mol. The number of aryl methyl sites for hydroxylation is 1. The molecule has 0 spiro atoms. The van der Waals surface area contributed by atoms with Crippen molar-refractivity contribution in [3.05, 3.63) is 56.6 Å². The minimum atomic E-state index is -0.879. The third-order valence-corrected chi connectivity index (χ3v) is 4.55. The van der Waals surface area contributed by atoms with Gasteiger partial charge in [-0.25, -0.2) is 9.78 Å². The van der Waals surface area contributed by atoms with Crippen LogP contribution in [0.25, 0.3) is 0 Å². The maximum Gasteiger partial charge on any atom is 0.404 e. The lowest BCUT2D eigenvalue weighted by Crippen LogP contribution is -2.32. The maximum absolute atomic E-state index is 11.1. The van der Waals surface area contributed by atoms with Crippen LogP contribution in [0.5, 0.6) is 5.88 Å². The maximum atomic E-state index is 11.1. The zero-order chi connectivity index (χ0) is 18.2. The van der Waals surface area contributed by atoms with E-state index in [1.807, 2.05) is 43.3 Å². The van der Waals surface area contributed by atoms with E-state index in [1.54, 1.807) is 0 Å². The molecule has 0 aliphatic heterocycles. The molecule has 0 saturated heterocycles. The minimum Gasteiger partial charge on any atom is -0.473 e. The van der Waals surface area contributed by atoms with Gasteiger partial charge in [0.1, 0.15) is 6.61 Å². The van der Waals surface area contributed by atoms with E-state index in [1.165, 1.54) is 0 Å². The van der Waals surface area contributed by atoms with Crippen LogP contribution in [-0.4, -0.2) is 30.4 Å². The number of aromatic nitrogens is 1. The smallest absolute Gasteiger partial charge is 0.404 e. The molecule has 25 heavy (non-hydrogen) atoms. The van der Waals surface area contributed by atoms with Gasteiger partial charge in [0.2, 0.25) is 5.88 Å². The van der Waals surface area contributed by atoms with Gasteiger partial charge in [-0.2, -0.15) is 0 Å². The van der Waals surface area contributed by atoms with E-state index in [0.29, 0.717) is 17.0 Å². The average molecular weight is 474 g/mol. The first-order chi connectivity index (χ1) is 12.0. The molecule has 134 valence electrons. The van der Waals surface area contributed by atoms with E-state index < -0.39 is 12.2 Å². The van der Waals surface area contributed by atoms with Gasteiger partial charge in [-0.05, 0) is 50.4 Å². The number of primary amides is 1. The van der Waals surface area contributed by atoms with Gasteiger partial charge in [0.05, 0.1) is 23.4 Å². The fraction of sp³-hybridized carbons (Fsp3) is 0.294. The Labute approximate surface area is 162 Å². The highest BCUT2D eigenvalue weighted by molar-refractivity contribution is 9.11. The van der Waals surface area contributed by atoms with E-state index in [0.717, 1.165) is 15.7 Å². The van der Waals surface area contributed by atoms with Crippen LogP contribution in [0.15, 0.2) is 45.3 Å². The van der Waals surface area contributed by atoms with Gasteiger partial charge in [-0.1, -0.05) is 30.3 Å². The van der Waals surface area contributed by atoms with Crippen LogP contribution in [0.3, 0.4) is 0 Å². The van der Waals surface area contributed by atoms with Gasteiger partial charge >= 0.3 is 6.09 Å². The Balaban J connectivity index is 1.91. The molecule has 0 radical (unpaired) electrons. The van der Waals surface area contributed by atoms with Crippen molar-refractivity contribution >= 4 is 38.0 Å². The van der Waals surface area contributed by atoms with Crippen LogP contribution in [0, 0.1) is 6.92 Å². The quantitative estimate of drug-likeness (QED) is 0.626. The first kappa shape index (κ1) is 19.7. The predicted molar refractivity (Wildman–Crippen MR) is 100 cm³/mol. The Morgan fingerprint density at radius 1 is 1.20 bits per heavy atom. The fourth-order valence-electron chi connectivity index (χ4n) is 1.97. The summed E-state index contributed by atoms with van der Waals surface area (Å²) in [6, 6.07) is 11.5. The highest BCUT2D eigenvalue weighted by Gasteiger charge is 2.16. The highest BCUT2D eigenvalue weighted by Crippen LogP contribution is 2.28. The van der Waals surface area contributed by atoms with Crippen LogP contribution >= 0.6 is 31.9 Å². The Morgan fingerprint density at radius 3 is 2.60 bits per heavy atom. The molecule has 0 aliphatic carbocycles. The number of carbonyl (C=O) groups excluding carboxylic acids is 1. The third-order valence-electron chi connectivity index (χ3n) is 3.18. The zero-order valence-corrected chi connectivity index (χ0v) is 16.7. The first-order valence-corrected chi connectivity index (χ1v) is 9.07. The third kappa shape index (κ3) is 6.64. The van der Waals surface area contributed by atoms with E-state index in [9.17, 15) is 4.79 Å². The molecule has 0 fully saturated rings. The molecular formula is C17H18Br2N2O4. The van der Waals surface area contributed by atoms with Crippen molar-refractivity contribution < 1.29 is 19.0 Å². The van der Waals surface area contributed by atoms with Gasteiger partial charge in [0.15, 0.2) is 6.10 Å². The number of halogens is 2. The molecule has 1 unspecified atom stereocenters. The fourth-order valence-corrected chi connectivity index (χ4v) is 3.03. The Bertz CT molecular complexity index is 713. The average Bonchev–Trinajstić information content (AvgIpc) is 2.57. The zero-order valence-electron chi connectivity index (χ0n) is 13.6. The summed E-state index contributed by atoms with van der Waals surface area (Å²) in [5.74, 6) is 0.404. The van der Waals surface area contributed by atoms with Crippen LogP contribution < -0.4 is 10.5 Å². The van der Waals surface area contributed by atoms with Crippen LogP contribution in [0.2, 0.25) is 0 Å². The van der Waals surface area contributed by atoms with Gasteiger partial charge in [0.25, 0.3) is 0 Å². The molecule has 1 atom stereocenters. The molecule has 0 aliphatic rings. The molecule has 1 aromatic heterocycles. The largest absolute Gasteiger partial charge is 0.473 e. The number of amides is 1. The number of hydrogen-bond acceptors (Lipinski definition) is 5. The van der Waals surface area contributed by atoms with Crippen LogP contribution in [-0.2, 0) is 16.1 Å². The van der Waals surface area contributed by atoms with Gasteiger partial charge in [-0.3, -0.25) is 0 Å². The van der Waals surface area contributed by atoms with E-state index in [-0.39, 0.29) is 13.2 Å². The summed E-state index contributed by atoms with van der Waals surface area (Å²) in [7, 11) is 0. The summed E-state index contributed by atoms with van der Waals surface area (Å²) >= 11 is 6.78. The molecule has 2 rings (SSSR count). The molecular weight excluding hydrogens is 456 g/mol. The second-order valence-corrected chi connectivity index (χ2v) is 6.92. The molecule has 1 aromatic carbocycles.